The van der Waals surface area contributed by atoms with Gasteiger partial charge in [-0.2, -0.15) is 0 Å². The van der Waals surface area contributed by atoms with Gasteiger partial charge < -0.3 is 4.57 Å². The largest absolute Gasteiger partial charge is 0.327 e. The van der Waals surface area contributed by atoms with Gasteiger partial charge in [0.25, 0.3) is 0 Å². The Morgan fingerprint density at radius 1 is 1.33 bits per heavy atom. The summed E-state index contributed by atoms with van der Waals surface area (Å²) in [6, 6.07) is 8.34. The maximum Gasteiger partial charge on any atom is 0.109 e. The molecule has 2 rings (SSSR count). The van der Waals surface area contributed by atoms with Crippen LogP contribution in [0.15, 0.2) is 24.3 Å². The lowest BCUT2D eigenvalue weighted by atomic mass is 10.3. The molecule has 0 radical (unpaired) electrons. The van der Waals surface area contributed by atoms with Crippen molar-refractivity contribution in [3.05, 3.63) is 30.1 Å². The van der Waals surface area contributed by atoms with Crippen LogP contribution in [-0.4, -0.2) is 14.9 Å². The highest BCUT2D eigenvalue weighted by molar-refractivity contribution is 9.09. The first-order valence-electron chi connectivity index (χ1n) is 5.37. The number of hydrogen-bond donors (Lipinski definition) is 0. The first-order chi connectivity index (χ1) is 7.36. The summed E-state index contributed by atoms with van der Waals surface area (Å²) >= 11 is 3.49. The van der Waals surface area contributed by atoms with E-state index in [1.54, 1.807) is 0 Å². The molecule has 0 unspecified atom stereocenters. The Morgan fingerprint density at radius 3 is 2.87 bits per heavy atom. The van der Waals surface area contributed by atoms with Gasteiger partial charge in [0.2, 0.25) is 0 Å². The second-order valence-corrected chi connectivity index (χ2v) is 4.40. The molecule has 0 aliphatic heterocycles. The standard InChI is InChI=1S/C12H15BrN2/c1-2-5-12-14-10-6-3-4-7-11(10)15(12)9-8-13/h3-4,6-7H,2,5,8-9H2,1H3. The average molecular weight is 267 g/mol. The van der Waals surface area contributed by atoms with E-state index in [-0.39, 0.29) is 0 Å². The zero-order valence-electron chi connectivity index (χ0n) is 8.91. The van der Waals surface area contributed by atoms with Crippen LogP contribution < -0.4 is 0 Å². The van der Waals surface area contributed by atoms with Gasteiger partial charge in [-0.15, -0.1) is 0 Å². The van der Waals surface area contributed by atoms with Crippen LogP contribution in [-0.2, 0) is 13.0 Å². The minimum Gasteiger partial charge on any atom is -0.327 e. The molecule has 0 saturated carbocycles. The summed E-state index contributed by atoms with van der Waals surface area (Å²) in [4.78, 5) is 4.66. The lowest BCUT2D eigenvalue weighted by molar-refractivity contribution is 0.708. The molecule has 2 nitrogen and oxygen atoms in total. The van der Waals surface area contributed by atoms with Gasteiger partial charge in [0.05, 0.1) is 11.0 Å². The number of hydrogen-bond acceptors (Lipinski definition) is 1. The van der Waals surface area contributed by atoms with E-state index < -0.39 is 0 Å². The molecule has 0 saturated heterocycles. The van der Waals surface area contributed by atoms with Crippen molar-refractivity contribution in [1.29, 1.82) is 0 Å². The molecule has 0 aliphatic carbocycles. The van der Waals surface area contributed by atoms with Crippen LogP contribution in [0.4, 0.5) is 0 Å². The third-order valence-electron chi connectivity index (χ3n) is 2.52. The maximum atomic E-state index is 4.66. The van der Waals surface area contributed by atoms with E-state index in [0.717, 1.165) is 30.2 Å². The summed E-state index contributed by atoms with van der Waals surface area (Å²) in [5.41, 5.74) is 2.36. The quantitative estimate of drug-likeness (QED) is 0.776. The van der Waals surface area contributed by atoms with Crippen molar-refractivity contribution in [2.45, 2.75) is 26.3 Å². The minimum absolute atomic E-state index is 0.976. The number of nitrogens with zero attached hydrogens (tertiary/aromatic N) is 2. The Kier molecular flexibility index (Phi) is 3.41. The van der Waals surface area contributed by atoms with Crippen molar-refractivity contribution >= 4 is 27.0 Å². The number of benzene rings is 1. The van der Waals surface area contributed by atoms with Gasteiger partial charge in [-0.05, 0) is 18.6 Å². The molecule has 0 N–H and O–H groups in total. The van der Waals surface area contributed by atoms with Crippen LogP contribution in [0, 0.1) is 0 Å². The fraction of sp³-hybridized carbons (Fsp3) is 0.417. The van der Waals surface area contributed by atoms with Gasteiger partial charge in [-0.3, -0.25) is 0 Å². The average Bonchev–Trinajstić information content (AvgIpc) is 2.59. The highest BCUT2D eigenvalue weighted by atomic mass is 79.9. The number of aromatic nitrogens is 2. The Hall–Kier alpha value is -0.830. The van der Waals surface area contributed by atoms with Gasteiger partial charge in [0.15, 0.2) is 0 Å². The Bertz CT molecular complexity index is 448. The van der Waals surface area contributed by atoms with Crippen molar-refractivity contribution in [2.24, 2.45) is 0 Å². The lowest BCUT2D eigenvalue weighted by Crippen LogP contribution is -2.04. The van der Waals surface area contributed by atoms with Gasteiger partial charge in [0.1, 0.15) is 5.82 Å². The predicted octanol–water partition coefficient (Wildman–Crippen LogP) is 3.38. The van der Waals surface area contributed by atoms with Crippen LogP contribution in [0.1, 0.15) is 19.2 Å². The number of imidazole rings is 1. The van der Waals surface area contributed by atoms with Crippen LogP contribution in [0.25, 0.3) is 11.0 Å². The molecule has 0 bridgehead atoms. The normalized spacial score (nSPS) is 11.1. The van der Waals surface area contributed by atoms with Gasteiger partial charge in [0, 0.05) is 18.3 Å². The zero-order chi connectivity index (χ0) is 10.7. The van der Waals surface area contributed by atoms with Crippen molar-refractivity contribution in [1.82, 2.24) is 9.55 Å². The number of alkyl halides is 1. The molecular formula is C12H15BrN2. The summed E-state index contributed by atoms with van der Waals surface area (Å²) in [7, 11) is 0. The molecule has 0 atom stereocenters. The summed E-state index contributed by atoms with van der Waals surface area (Å²) in [5.74, 6) is 1.21. The number of fused-ring (bicyclic) bond motifs is 1. The smallest absolute Gasteiger partial charge is 0.109 e. The Balaban J connectivity index is 2.53. The molecule has 15 heavy (non-hydrogen) atoms. The molecule has 1 aromatic heterocycles. The van der Waals surface area contributed by atoms with Crippen LogP contribution in [0.3, 0.4) is 0 Å². The summed E-state index contributed by atoms with van der Waals surface area (Å²) in [5, 5.41) is 0.976. The highest BCUT2D eigenvalue weighted by Crippen LogP contribution is 2.17. The second kappa shape index (κ2) is 4.79. The van der Waals surface area contributed by atoms with Crippen molar-refractivity contribution < 1.29 is 0 Å². The van der Waals surface area contributed by atoms with E-state index >= 15 is 0 Å². The van der Waals surface area contributed by atoms with Crippen molar-refractivity contribution in [2.75, 3.05) is 5.33 Å². The van der Waals surface area contributed by atoms with Gasteiger partial charge in [-0.25, -0.2) is 4.98 Å². The molecule has 80 valence electrons. The molecule has 1 heterocycles. The topological polar surface area (TPSA) is 17.8 Å². The van der Waals surface area contributed by atoms with E-state index in [0.29, 0.717) is 0 Å². The number of para-hydroxylation sites is 2. The van der Waals surface area contributed by atoms with Crippen LogP contribution in [0.5, 0.6) is 0 Å². The highest BCUT2D eigenvalue weighted by Gasteiger charge is 2.08. The van der Waals surface area contributed by atoms with E-state index in [1.807, 2.05) is 6.07 Å². The molecular weight excluding hydrogens is 252 g/mol. The second-order valence-electron chi connectivity index (χ2n) is 3.61. The summed E-state index contributed by atoms with van der Waals surface area (Å²) in [6.07, 6.45) is 2.20. The molecule has 0 amide bonds. The zero-order valence-corrected chi connectivity index (χ0v) is 10.5. The molecule has 1 aromatic carbocycles. The number of halogens is 1. The fourth-order valence-corrected chi connectivity index (χ4v) is 2.23. The first-order valence-corrected chi connectivity index (χ1v) is 6.49. The Morgan fingerprint density at radius 2 is 2.13 bits per heavy atom. The molecule has 3 heteroatoms. The minimum atomic E-state index is 0.976. The summed E-state index contributed by atoms with van der Waals surface area (Å²) < 4.78 is 2.31. The van der Waals surface area contributed by atoms with Gasteiger partial charge >= 0.3 is 0 Å². The van der Waals surface area contributed by atoms with Crippen molar-refractivity contribution in [3.63, 3.8) is 0 Å². The molecule has 2 aromatic rings. The van der Waals surface area contributed by atoms with E-state index in [9.17, 15) is 0 Å². The SMILES string of the molecule is CCCc1nc2ccccc2n1CCBr. The Labute approximate surface area is 98.4 Å². The fourth-order valence-electron chi connectivity index (χ4n) is 1.87. The van der Waals surface area contributed by atoms with Crippen molar-refractivity contribution in [3.8, 4) is 0 Å². The monoisotopic (exact) mass is 266 g/mol. The summed E-state index contributed by atoms with van der Waals surface area (Å²) in [6.45, 7) is 3.19. The van der Waals surface area contributed by atoms with E-state index in [1.165, 1.54) is 11.3 Å². The molecule has 0 spiro atoms. The predicted molar refractivity (Wildman–Crippen MR) is 67.5 cm³/mol. The molecule has 0 fully saturated rings. The first kappa shape index (κ1) is 10.7. The van der Waals surface area contributed by atoms with E-state index in [4.69, 9.17) is 0 Å². The third kappa shape index (κ3) is 2.07. The third-order valence-corrected chi connectivity index (χ3v) is 2.87. The van der Waals surface area contributed by atoms with Gasteiger partial charge in [-0.1, -0.05) is 35.0 Å². The maximum absolute atomic E-state index is 4.66. The number of rotatable bonds is 4. The lowest BCUT2D eigenvalue weighted by Gasteiger charge is -2.05. The number of aryl methyl sites for hydroxylation is 2. The van der Waals surface area contributed by atoms with Crippen LogP contribution >= 0.6 is 15.9 Å². The van der Waals surface area contributed by atoms with E-state index in [2.05, 4.69) is 50.6 Å². The molecule has 0 aliphatic rings. The van der Waals surface area contributed by atoms with Crippen LogP contribution in [0.2, 0.25) is 0 Å².